The Balaban J connectivity index is 1.48. The number of aromatic amines is 1. The molecule has 2 aromatic rings. The summed E-state index contributed by atoms with van der Waals surface area (Å²) in [7, 11) is 0. The van der Waals surface area contributed by atoms with Crippen LogP contribution in [-0.4, -0.2) is 59.0 Å². The summed E-state index contributed by atoms with van der Waals surface area (Å²) in [5.41, 5.74) is 3.68. The van der Waals surface area contributed by atoms with E-state index in [4.69, 9.17) is 0 Å². The third-order valence-electron chi connectivity index (χ3n) is 6.38. The molecule has 7 heteroatoms. The molecular formula is C26H35N5O2. The molecule has 3 heterocycles. The Labute approximate surface area is 195 Å². The van der Waals surface area contributed by atoms with Crippen molar-refractivity contribution in [2.75, 3.05) is 31.1 Å². The number of hydrogen-bond donors (Lipinski definition) is 2. The van der Waals surface area contributed by atoms with Crippen molar-refractivity contribution in [2.24, 2.45) is 5.92 Å². The average molecular weight is 450 g/mol. The number of rotatable bonds is 10. The fourth-order valence-corrected chi connectivity index (χ4v) is 4.13. The zero-order valence-corrected chi connectivity index (χ0v) is 19.9. The van der Waals surface area contributed by atoms with Gasteiger partial charge in [0.2, 0.25) is 5.91 Å². The summed E-state index contributed by atoms with van der Waals surface area (Å²) in [6.07, 6.45) is 10.4. The van der Waals surface area contributed by atoms with E-state index in [0.717, 1.165) is 29.8 Å². The molecule has 0 radical (unpaired) electrons. The van der Waals surface area contributed by atoms with Crippen LogP contribution in [0.3, 0.4) is 0 Å². The Morgan fingerprint density at radius 1 is 1.30 bits per heavy atom. The highest BCUT2D eigenvalue weighted by molar-refractivity contribution is 5.88. The van der Waals surface area contributed by atoms with Crippen molar-refractivity contribution >= 4 is 11.6 Å². The van der Waals surface area contributed by atoms with Crippen LogP contribution in [0.5, 0.6) is 0 Å². The SMILES string of the molecule is CCc1cc(-c2c[nH]c(=O)c(N(CC3CC3)C3CN(C(=O)/C=C/CNC(C)C)C3)c2)ccn1. The summed E-state index contributed by atoms with van der Waals surface area (Å²) in [6, 6.07) is 6.61. The van der Waals surface area contributed by atoms with Crippen LogP contribution in [0.25, 0.3) is 11.1 Å². The van der Waals surface area contributed by atoms with Crippen molar-refractivity contribution in [1.82, 2.24) is 20.2 Å². The summed E-state index contributed by atoms with van der Waals surface area (Å²) < 4.78 is 0. The highest BCUT2D eigenvalue weighted by atomic mass is 16.2. The molecule has 1 amide bonds. The van der Waals surface area contributed by atoms with Gasteiger partial charge in [-0.05, 0) is 48.9 Å². The predicted molar refractivity (Wildman–Crippen MR) is 132 cm³/mol. The van der Waals surface area contributed by atoms with E-state index >= 15 is 0 Å². The average Bonchev–Trinajstić information content (AvgIpc) is 3.59. The van der Waals surface area contributed by atoms with Gasteiger partial charge in [0.1, 0.15) is 5.69 Å². The molecule has 1 saturated heterocycles. The molecule has 0 atom stereocenters. The fraction of sp³-hybridized carbons (Fsp3) is 0.500. The Morgan fingerprint density at radius 3 is 2.79 bits per heavy atom. The smallest absolute Gasteiger partial charge is 0.271 e. The zero-order chi connectivity index (χ0) is 23.4. The second-order valence-corrected chi connectivity index (χ2v) is 9.45. The highest BCUT2D eigenvalue weighted by Gasteiger charge is 2.37. The molecule has 2 aromatic heterocycles. The lowest BCUT2D eigenvalue weighted by atomic mass is 10.0. The molecule has 2 N–H and O–H groups in total. The number of nitrogens with one attached hydrogen (secondary N) is 2. The molecule has 4 rings (SSSR count). The molecule has 1 saturated carbocycles. The van der Waals surface area contributed by atoms with E-state index in [9.17, 15) is 9.59 Å². The number of pyridine rings is 2. The Kier molecular flexibility index (Phi) is 7.28. The number of anilines is 1. The van der Waals surface area contributed by atoms with Gasteiger partial charge in [0.25, 0.3) is 5.56 Å². The highest BCUT2D eigenvalue weighted by Crippen LogP contribution is 2.34. The second kappa shape index (κ2) is 10.3. The third-order valence-corrected chi connectivity index (χ3v) is 6.38. The molecule has 1 aliphatic heterocycles. The maximum Gasteiger partial charge on any atom is 0.271 e. The van der Waals surface area contributed by atoms with E-state index in [1.807, 2.05) is 29.3 Å². The van der Waals surface area contributed by atoms with E-state index in [2.05, 4.69) is 47.0 Å². The predicted octanol–water partition coefficient (Wildman–Crippen LogP) is 2.98. The van der Waals surface area contributed by atoms with Gasteiger partial charge in [-0.15, -0.1) is 0 Å². The number of hydrogen-bond acceptors (Lipinski definition) is 5. The molecule has 2 fully saturated rings. The number of aromatic nitrogens is 2. The first-order valence-corrected chi connectivity index (χ1v) is 12.1. The molecule has 33 heavy (non-hydrogen) atoms. The van der Waals surface area contributed by atoms with E-state index < -0.39 is 0 Å². The Hall–Kier alpha value is -2.93. The monoisotopic (exact) mass is 449 g/mol. The van der Waals surface area contributed by atoms with Gasteiger partial charge in [0, 0.05) is 61.9 Å². The first kappa shape index (κ1) is 23.2. The molecule has 1 aliphatic carbocycles. The Morgan fingerprint density at radius 2 is 2.09 bits per heavy atom. The van der Waals surface area contributed by atoms with Crippen LogP contribution >= 0.6 is 0 Å². The van der Waals surface area contributed by atoms with Gasteiger partial charge in [0.05, 0.1) is 6.04 Å². The number of likely N-dealkylation sites (tertiary alicyclic amines) is 1. The fourth-order valence-electron chi connectivity index (χ4n) is 4.13. The van der Waals surface area contributed by atoms with Crippen molar-refractivity contribution in [3.63, 3.8) is 0 Å². The van der Waals surface area contributed by atoms with Crippen LogP contribution in [0, 0.1) is 5.92 Å². The van der Waals surface area contributed by atoms with Gasteiger partial charge in [-0.3, -0.25) is 14.6 Å². The number of carbonyl (C=O) groups is 1. The van der Waals surface area contributed by atoms with Crippen molar-refractivity contribution in [3.05, 3.63) is 58.8 Å². The maximum atomic E-state index is 12.9. The van der Waals surface area contributed by atoms with Gasteiger partial charge >= 0.3 is 0 Å². The molecule has 0 bridgehead atoms. The molecule has 0 unspecified atom stereocenters. The van der Waals surface area contributed by atoms with E-state index in [1.165, 1.54) is 12.8 Å². The molecule has 176 valence electrons. The number of carbonyl (C=O) groups excluding carboxylic acids is 1. The van der Waals surface area contributed by atoms with Gasteiger partial charge in [-0.1, -0.05) is 26.8 Å². The van der Waals surface area contributed by atoms with Gasteiger partial charge < -0.3 is 20.1 Å². The van der Waals surface area contributed by atoms with Crippen LogP contribution in [0.4, 0.5) is 5.69 Å². The lowest BCUT2D eigenvalue weighted by Gasteiger charge is -2.46. The normalized spacial score (nSPS) is 16.4. The van der Waals surface area contributed by atoms with Crippen molar-refractivity contribution in [1.29, 1.82) is 0 Å². The van der Waals surface area contributed by atoms with E-state index in [0.29, 0.717) is 37.3 Å². The summed E-state index contributed by atoms with van der Waals surface area (Å²) >= 11 is 0. The minimum atomic E-state index is -0.0754. The summed E-state index contributed by atoms with van der Waals surface area (Å²) in [5, 5.41) is 3.28. The zero-order valence-electron chi connectivity index (χ0n) is 19.9. The number of amides is 1. The summed E-state index contributed by atoms with van der Waals surface area (Å²) in [5.74, 6) is 0.669. The summed E-state index contributed by atoms with van der Waals surface area (Å²) in [6.45, 7) is 9.09. The number of H-pyrrole nitrogens is 1. The summed E-state index contributed by atoms with van der Waals surface area (Å²) in [4.78, 5) is 36.8. The van der Waals surface area contributed by atoms with Crippen molar-refractivity contribution < 1.29 is 4.79 Å². The minimum absolute atomic E-state index is 0.0368. The number of aryl methyl sites for hydroxylation is 1. The number of nitrogens with zero attached hydrogens (tertiary/aromatic N) is 3. The quantitative estimate of drug-likeness (QED) is 0.545. The second-order valence-electron chi connectivity index (χ2n) is 9.45. The van der Waals surface area contributed by atoms with Crippen LogP contribution in [0.1, 0.15) is 39.3 Å². The maximum absolute atomic E-state index is 12.9. The molecule has 0 spiro atoms. The van der Waals surface area contributed by atoms with Crippen LogP contribution in [0.15, 0.2) is 47.5 Å². The van der Waals surface area contributed by atoms with E-state index in [-0.39, 0.29) is 17.5 Å². The molecule has 2 aliphatic rings. The van der Waals surface area contributed by atoms with Crippen LogP contribution in [0.2, 0.25) is 0 Å². The standard InChI is InChI=1S/C26H35N5O2/c1-4-22-12-20(9-11-28-22)21-13-24(26(33)29-14-21)31(15-19-7-8-19)23-16-30(17-23)25(32)6-5-10-27-18(2)3/h5-6,9,11-14,18-19,23,27H,4,7-8,10,15-17H2,1-3H3,(H,29,33)/b6-5+. The van der Waals surface area contributed by atoms with E-state index in [1.54, 1.807) is 12.3 Å². The Bertz CT molecular complexity index is 1050. The van der Waals surface area contributed by atoms with Gasteiger partial charge in [-0.25, -0.2) is 0 Å². The minimum Gasteiger partial charge on any atom is -0.360 e. The lowest BCUT2D eigenvalue weighted by molar-refractivity contribution is -0.130. The van der Waals surface area contributed by atoms with Gasteiger partial charge in [0.15, 0.2) is 0 Å². The van der Waals surface area contributed by atoms with Crippen LogP contribution < -0.4 is 15.8 Å². The first-order valence-electron chi connectivity index (χ1n) is 12.1. The van der Waals surface area contributed by atoms with Crippen molar-refractivity contribution in [3.8, 4) is 11.1 Å². The molecular weight excluding hydrogens is 414 g/mol. The van der Waals surface area contributed by atoms with Crippen LogP contribution in [-0.2, 0) is 11.2 Å². The topological polar surface area (TPSA) is 81.3 Å². The lowest BCUT2D eigenvalue weighted by Crippen LogP contribution is -2.62. The largest absolute Gasteiger partial charge is 0.360 e. The third kappa shape index (κ3) is 5.90. The first-order chi connectivity index (χ1) is 15.9. The van der Waals surface area contributed by atoms with Gasteiger partial charge in [-0.2, -0.15) is 0 Å². The molecule has 0 aromatic carbocycles. The van der Waals surface area contributed by atoms with Crippen molar-refractivity contribution in [2.45, 2.75) is 52.1 Å². The molecule has 7 nitrogen and oxygen atoms in total.